The summed E-state index contributed by atoms with van der Waals surface area (Å²) in [6.07, 6.45) is 6.40. The number of nitrogens with zero attached hydrogens (tertiary/aromatic N) is 2. The van der Waals surface area contributed by atoms with Gasteiger partial charge in [-0.15, -0.1) is 0 Å². The molecule has 1 aromatic carbocycles. The maximum absolute atomic E-state index is 13.5. The minimum absolute atomic E-state index is 0.0410. The highest BCUT2D eigenvalue weighted by Crippen LogP contribution is 2.41. The van der Waals surface area contributed by atoms with Crippen LogP contribution in [0.25, 0.3) is 0 Å². The van der Waals surface area contributed by atoms with Crippen molar-refractivity contribution in [1.82, 2.24) is 9.80 Å². The Morgan fingerprint density at radius 1 is 1.07 bits per heavy atom. The monoisotopic (exact) mass is 417 g/mol. The van der Waals surface area contributed by atoms with Gasteiger partial charge in [0.25, 0.3) is 5.91 Å². The Bertz CT molecular complexity index is 814. The van der Waals surface area contributed by atoms with Gasteiger partial charge < -0.3 is 15.5 Å². The average molecular weight is 418 g/mol. The van der Waals surface area contributed by atoms with Gasteiger partial charge in [-0.05, 0) is 56.2 Å². The number of fused-ring (bicyclic) bond motifs is 1. The fourth-order valence-corrected chi connectivity index (χ4v) is 5.55. The van der Waals surface area contributed by atoms with Crippen LogP contribution in [0.2, 0.25) is 5.02 Å². The first-order valence-corrected chi connectivity index (χ1v) is 11.0. The van der Waals surface area contributed by atoms with Crippen molar-refractivity contribution in [3.05, 3.63) is 34.9 Å². The van der Waals surface area contributed by atoms with Gasteiger partial charge in [-0.2, -0.15) is 0 Å². The van der Waals surface area contributed by atoms with Crippen molar-refractivity contribution in [3.63, 3.8) is 0 Å². The minimum Gasteiger partial charge on any atom is -0.369 e. The van der Waals surface area contributed by atoms with Crippen molar-refractivity contribution < 1.29 is 14.4 Å². The van der Waals surface area contributed by atoms with Gasteiger partial charge in [0.1, 0.15) is 6.04 Å². The van der Waals surface area contributed by atoms with E-state index in [1.54, 1.807) is 29.2 Å². The zero-order chi connectivity index (χ0) is 20.5. The van der Waals surface area contributed by atoms with Crippen LogP contribution in [0.1, 0.15) is 55.3 Å². The van der Waals surface area contributed by atoms with Crippen LogP contribution in [0.4, 0.5) is 0 Å². The van der Waals surface area contributed by atoms with Crippen molar-refractivity contribution in [1.29, 1.82) is 0 Å². The first kappa shape index (κ1) is 20.2. The van der Waals surface area contributed by atoms with Crippen LogP contribution < -0.4 is 5.73 Å². The lowest BCUT2D eigenvalue weighted by Crippen LogP contribution is -2.53. The molecule has 1 saturated carbocycles. The maximum Gasteiger partial charge on any atom is 0.254 e. The predicted molar refractivity (Wildman–Crippen MR) is 110 cm³/mol. The third kappa shape index (κ3) is 4.00. The number of carbonyl (C=O) groups excluding carboxylic acids is 3. The second-order valence-electron chi connectivity index (χ2n) is 8.61. The molecular weight excluding hydrogens is 390 g/mol. The van der Waals surface area contributed by atoms with Crippen molar-refractivity contribution in [2.24, 2.45) is 17.6 Å². The van der Waals surface area contributed by atoms with Crippen LogP contribution in [-0.4, -0.2) is 52.7 Å². The predicted octanol–water partition coefficient (Wildman–Crippen LogP) is 2.84. The first-order valence-electron chi connectivity index (χ1n) is 10.6. The molecule has 4 rings (SSSR count). The molecule has 4 unspecified atom stereocenters. The molecule has 3 fully saturated rings. The molecule has 7 heteroatoms. The summed E-state index contributed by atoms with van der Waals surface area (Å²) in [5.74, 6) is -0.454. The van der Waals surface area contributed by atoms with E-state index in [-0.39, 0.29) is 29.7 Å². The molecular formula is C22H28ClN3O3. The summed E-state index contributed by atoms with van der Waals surface area (Å²) in [5, 5.41) is 0.512. The number of piperidine rings is 1. The van der Waals surface area contributed by atoms with E-state index in [1.165, 1.54) is 0 Å². The molecule has 0 bridgehead atoms. The Morgan fingerprint density at radius 2 is 1.86 bits per heavy atom. The van der Waals surface area contributed by atoms with Crippen LogP contribution in [0, 0.1) is 11.8 Å². The number of primary amides is 1. The number of carbonyl (C=O) groups is 3. The molecule has 3 amide bonds. The van der Waals surface area contributed by atoms with Crippen molar-refractivity contribution in [2.75, 3.05) is 13.1 Å². The van der Waals surface area contributed by atoms with E-state index in [1.807, 2.05) is 4.90 Å². The standard InChI is InChI=1S/C22H28ClN3O3/c23-17-8-3-6-15(11-17)21(28)26-18-9-2-1-5-14(18)12-19(26)22(29)25-10-4-7-16(13-25)20(24)27/h3,6,8,11,14,16,18-19H,1-2,4-5,7,9-10,12-13H2,(H2,24,27). The zero-order valence-electron chi connectivity index (χ0n) is 16.6. The maximum atomic E-state index is 13.5. The minimum atomic E-state index is -0.471. The molecule has 2 N–H and O–H groups in total. The number of nitrogens with two attached hydrogens (primary N) is 1. The second-order valence-corrected chi connectivity index (χ2v) is 9.05. The smallest absolute Gasteiger partial charge is 0.254 e. The molecule has 156 valence electrons. The van der Waals surface area contributed by atoms with Crippen molar-refractivity contribution in [3.8, 4) is 0 Å². The van der Waals surface area contributed by atoms with Gasteiger partial charge in [-0.25, -0.2) is 0 Å². The summed E-state index contributed by atoms with van der Waals surface area (Å²) in [7, 11) is 0. The van der Waals surface area contributed by atoms with Crippen LogP contribution in [0.15, 0.2) is 24.3 Å². The van der Waals surface area contributed by atoms with E-state index in [2.05, 4.69) is 0 Å². The molecule has 0 spiro atoms. The van der Waals surface area contributed by atoms with Gasteiger partial charge in [-0.3, -0.25) is 14.4 Å². The van der Waals surface area contributed by atoms with Gasteiger partial charge in [0, 0.05) is 29.7 Å². The third-order valence-electron chi connectivity index (χ3n) is 6.81. The summed E-state index contributed by atoms with van der Waals surface area (Å²) in [4.78, 5) is 42.1. The Balaban J connectivity index is 1.60. The topological polar surface area (TPSA) is 83.7 Å². The van der Waals surface area contributed by atoms with E-state index < -0.39 is 6.04 Å². The van der Waals surface area contributed by atoms with E-state index in [0.717, 1.165) is 38.5 Å². The second kappa shape index (κ2) is 8.34. The number of hydrogen-bond donors (Lipinski definition) is 1. The Labute approximate surface area is 176 Å². The lowest BCUT2D eigenvalue weighted by molar-refractivity contribution is -0.139. The van der Waals surface area contributed by atoms with E-state index >= 15 is 0 Å². The zero-order valence-corrected chi connectivity index (χ0v) is 17.3. The van der Waals surface area contributed by atoms with Gasteiger partial charge in [0.05, 0.1) is 5.92 Å². The van der Waals surface area contributed by atoms with Crippen LogP contribution in [0.3, 0.4) is 0 Å². The number of rotatable bonds is 3. The summed E-state index contributed by atoms with van der Waals surface area (Å²) < 4.78 is 0. The normalized spacial score (nSPS) is 29.4. The molecule has 4 atom stereocenters. The average Bonchev–Trinajstić information content (AvgIpc) is 3.12. The molecule has 6 nitrogen and oxygen atoms in total. The number of halogens is 1. The van der Waals surface area contributed by atoms with Crippen molar-refractivity contribution >= 4 is 29.3 Å². The highest BCUT2D eigenvalue weighted by Gasteiger charge is 2.49. The number of hydrogen-bond acceptors (Lipinski definition) is 3. The van der Waals surface area contributed by atoms with E-state index in [0.29, 0.717) is 36.0 Å². The van der Waals surface area contributed by atoms with Crippen LogP contribution in [-0.2, 0) is 9.59 Å². The van der Waals surface area contributed by atoms with Gasteiger partial charge >= 0.3 is 0 Å². The molecule has 2 saturated heterocycles. The Hall–Kier alpha value is -2.08. The van der Waals surface area contributed by atoms with Gasteiger partial charge in [0.15, 0.2) is 0 Å². The molecule has 3 aliphatic rings. The third-order valence-corrected chi connectivity index (χ3v) is 7.05. The molecule has 1 aliphatic carbocycles. The lowest BCUT2D eigenvalue weighted by Gasteiger charge is -2.37. The highest BCUT2D eigenvalue weighted by atomic mass is 35.5. The SMILES string of the molecule is NC(=O)C1CCCN(C(=O)C2CC3CCCCC3N2C(=O)c2cccc(Cl)c2)C1. The molecule has 0 radical (unpaired) electrons. The van der Waals surface area contributed by atoms with Crippen molar-refractivity contribution in [2.45, 2.75) is 57.0 Å². The Morgan fingerprint density at radius 3 is 2.62 bits per heavy atom. The fourth-order valence-electron chi connectivity index (χ4n) is 5.36. The molecule has 2 heterocycles. The lowest BCUT2D eigenvalue weighted by atomic mass is 9.84. The summed E-state index contributed by atoms with van der Waals surface area (Å²) >= 11 is 6.11. The summed E-state index contributed by atoms with van der Waals surface area (Å²) in [6, 6.07) is 6.57. The molecule has 1 aromatic rings. The highest BCUT2D eigenvalue weighted by molar-refractivity contribution is 6.31. The number of likely N-dealkylation sites (tertiary alicyclic amines) is 2. The van der Waals surface area contributed by atoms with E-state index in [4.69, 9.17) is 17.3 Å². The number of benzene rings is 1. The van der Waals surface area contributed by atoms with Crippen LogP contribution in [0.5, 0.6) is 0 Å². The van der Waals surface area contributed by atoms with Crippen LogP contribution >= 0.6 is 11.6 Å². The van der Waals surface area contributed by atoms with E-state index in [9.17, 15) is 14.4 Å². The van der Waals surface area contributed by atoms with Gasteiger partial charge in [0.2, 0.25) is 11.8 Å². The quantitative estimate of drug-likeness (QED) is 0.820. The number of amides is 3. The summed E-state index contributed by atoms with van der Waals surface area (Å²) in [6.45, 7) is 0.979. The summed E-state index contributed by atoms with van der Waals surface area (Å²) in [5.41, 5.74) is 6.01. The molecule has 2 aliphatic heterocycles. The molecule has 29 heavy (non-hydrogen) atoms. The van der Waals surface area contributed by atoms with Gasteiger partial charge in [-0.1, -0.05) is 30.5 Å². The fraction of sp³-hybridized carbons (Fsp3) is 0.591. The first-order chi connectivity index (χ1) is 14.0. The Kier molecular flexibility index (Phi) is 5.81. The molecule has 0 aromatic heterocycles. The largest absolute Gasteiger partial charge is 0.369 e.